The lowest BCUT2D eigenvalue weighted by Gasteiger charge is -2.07. The number of aryl methyl sites for hydroxylation is 1. The van der Waals surface area contributed by atoms with Crippen molar-refractivity contribution in [2.45, 2.75) is 6.92 Å². The highest BCUT2D eigenvalue weighted by molar-refractivity contribution is 6.05. The minimum atomic E-state index is -0.753. The normalized spacial score (nSPS) is 10.5. The van der Waals surface area contributed by atoms with Gasteiger partial charge in [-0.3, -0.25) is 14.9 Å². The van der Waals surface area contributed by atoms with Gasteiger partial charge in [0, 0.05) is 22.6 Å². The lowest BCUT2D eigenvalue weighted by Crippen LogP contribution is -2.18. The number of nitro groups is 1. The highest BCUT2D eigenvalue weighted by Crippen LogP contribution is 2.26. The van der Waals surface area contributed by atoms with Crippen LogP contribution in [0.5, 0.6) is 5.75 Å². The first kappa shape index (κ1) is 17.2. The topological polar surface area (TPSA) is 112 Å². The Labute approximate surface area is 147 Å². The molecule has 1 N–H and O–H groups in total. The van der Waals surface area contributed by atoms with Crippen LogP contribution in [0.15, 0.2) is 51.7 Å². The summed E-state index contributed by atoms with van der Waals surface area (Å²) < 4.78 is 10.4. The van der Waals surface area contributed by atoms with Crippen LogP contribution in [0.4, 0.5) is 11.4 Å². The van der Waals surface area contributed by atoms with Crippen molar-refractivity contribution < 1.29 is 18.9 Å². The second-order valence-corrected chi connectivity index (χ2v) is 5.54. The Morgan fingerprint density at radius 2 is 2.00 bits per heavy atom. The smallest absolute Gasteiger partial charge is 0.360 e. The Balaban J connectivity index is 1.97. The first-order chi connectivity index (χ1) is 12.4. The maximum Gasteiger partial charge on any atom is 0.360 e. The van der Waals surface area contributed by atoms with Crippen LogP contribution in [-0.2, 0) is 0 Å². The number of methoxy groups -OCH3 is 1. The van der Waals surface area contributed by atoms with Crippen LogP contribution < -0.4 is 15.7 Å². The van der Waals surface area contributed by atoms with E-state index in [2.05, 4.69) is 5.32 Å². The number of nitrogens with one attached hydrogen (secondary N) is 1. The van der Waals surface area contributed by atoms with E-state index in [1.165, 1.54) is 25.3 Å². The van der Waals surface area contributed by atoms with E-state index in [-0.39, 0.29) is 22.5 Å². The molecule has 0 fully saturated rings. The molecule has 0 saturated heterocycles. The molecular weight excluding hydrogens is 340 g/mol. The Morgan fingerprint density at radius 1 is 1.23 bits per heavy atom. The van der Waals surface area contributed by atoms with Crippen molar-refractivity contribution in [3.63, 3.8) is 0 Å². The second kappa shape index (κ2) is 6.67. The van der Waals surface area contributed by atoms with Gasteiger partial charge in [0.25, 0.3) is 11.6 Å². The average molecular weight is 354 g/mol. The van der Waals surface area contributed by atoms with Crippen molar-refractivity contribution in [1.82, 2.24) is 0 Å². The molecule has 0 aliphatic heterocycles. The van der Waals surface area contributed by atoms with Crippen molar-refractivity contribution in [1.29, 1.82) is 0 Å². The van der Waals surface area contributed by atoms with Gasteiger partial charge >= 0.3 is 5.63 Å². The largest absolute Gasteiger partial charge is 0.493 e. The van der Waals surface area contributed by atoms with Gasteiger partial charge < -0.3 is 14.5 Å². The number of amides is 1. The molecule has 2 aromatic carbocycles. The number of rotatable bonds is 4. The predicted molar refractivity (Wildman–Crippen MR) is 94.8 cm³/mol. The molecule has 8 heteroatoms. The molecule has 3 rings (SSSR count). The van der Waals surface area contributed by atoms with E-state index >= 15 is 0 Å². The Kier molecular flexibility index (Phi) is 4.40. The Bertz CT molecular complexity index is 1090. The number of nitrogens with zero attached hydrogens (tertiary/aromatic N) is 1. The van der Waals surface area contributed by atoms with Crippen LogP contribution in [0.3, 0.4) is 0 Å². The summed E-state index contributed by atoms with van der Waals surface area (Å²) in [5, 5.41) is 14.0. The highest BCUT2D eigenvalue weighted by atomic mass is 16.6. The third-order valence-electron chi connectivity index (χ3n) is 3.86. The number of carbonyl (C=O) groups excluding carboxylic acids is 1. The summed E-state index contributed by atoms with van der Waals surface area (Å²) in [6.07, 6.45) is 0. The van der Waals surface area contributed by atoms with Gasteiger partial charge in [0.1, 0.15) is 5.69 Å². The van der Waals surface area contributed by atoms with E-state index in [0.29, 0.717) is 16.7 Å². The molecule has 26 heavy (non-hydrogen) atoms. The van der Waals surface area contributed by atoms with Gasteiger partial charge in [0.2, 0.25) is 0 Å². The van der Waals surface area contributed by atoms with Crippen LogP contribution >= 0.6 is 0 Å². The first-order valence-electron chi connectivity index (χ1n) is 7.58. The van der Waals surface area contributed by atoms with Gasteiger partial charge in [-0.05, 0) is 25.1 Å². The van der Waals surface area contributed by atoms with Gasteiger partial charge in [-0.25, -0.2) is 4.79 Å². The number of fused-ring (bicyclic) bond motifs is 1. The fourth-order valence-corrected chi connectivity index (χ4v) is 2.51. The molecule has 0 aliphatic carbocycles. The van der Waals surface area contributed by atoms with Crippen LogP contribution in [-0.4, -0.2) is 17.9 Å². The van der Waals surface area contributed by atoms with Crippen molar-refractivity contribution >= 4 is 28.3 Å². The molecule has 0 radical (unpaired) electrons. The number of benzene rings is 2. The quantitative estimate of drug-likeness (QED) is 0.437. The lowest BCUT2D eigenvalue weighted by molar-refractivity contribution is -0.385. The van der Waals surface area contributed by atoms with Gasteiger partial charge in [-0.15, -0.1) is 0 Å². The molecule has 1 amide bonds. The van der Waals surface area contributed by atoms with E-state index in [4.69, 9.17) is 9.15 Å². The molecule has 0 saturated carbocycles. The van der Waals surface area contributed by atoms with Crippen molar-refractivity contribution in [2.24, 2.45) is 0 Å². The Morgan fingerprint density at radius 3 is 2.69 bits per heavy atom. The molecule has 132 valence electrons. The summed E-state index contributed by atoms with van der Waals surface area (Å²) in [4.78, 5) is 35.0. The average Bonchev–Trinajstić information content (AvgIpc) is 2.61. The van der Waals surface area contributed by atoms with E-state index in [9.17, 15) is 19.7 Å². The molecule has 0 spiro atoms. The Hall–Kier alpha value is -3.68. The van der Waals surface area contributed by atoms with E-state index < -0.39 is 16.5 Å². The SMILES string of the molecule is COc1cccc2cc(NC(=O)c3ccc(C)c([N+](=O)[O-])c3)c(=O)oc12. The number of para-hydroxylation sites is 1. The predicted octanol–water partition coefficient (Wildman–Crippen LogP) is 3.27. The second-order valence-electron chi connectivity index (χ2n) is 5.54. The van der Waals surface area contributed by atoms with Gasteiger partial charge in [0.05, 0.1) is 12.0 Å². The maximum absolute atomic E-state index is 12.4. The van der Waals surface area contributed by atoms with Crippen LogP contribution in [0.25, 0.3) is 11.0 Å². The molecule has 0 aliphatic rings. The van der Waals surface area contributed by atoms with E-state index in [1.807, 2.05) is 0 Å². The zero-order valence-corrected chi connectivity index (χ0v) is 13.9. The molecular formula is C18H14N2O6. The monoisotopic (exact) mass is 354 g/mol. The summed E-state index contributed by atoms with van der Waals surface area (Å²) in [5.41, 5.74) is -0.232. The number of carbonyl (C=O) groups is 1. The summed E-state index contributed by atoms with van der Waals surface area (Å²) >= 11 is 0. The molecule has 0 unspecified atom stereocenters. The molecule has 0 atom stereocenters. The van der Waals surface area contributed by atoms with Gasteiger partial charge in [0.15, 0.2) is 11.3 Å². The summed E-state index contributed by atoms with van der Waals surface area (Å²) in [5.74, 6) is -0.255. The lowest BCUT2D eigenvalue weighted by atomic mass is 10.1. The minimum Gasteiger partial charge on any atom is -0.493 e. The zero-order chi connectivity index (χ0) is 18.8. The van der Waals surface area contributed by atoms with Crippen molar-refractivity contribution in [2.75, 3.05) is 12.4 Å². The summed E-state index contributed by atoms with van der Waals surface area (Å²) in [6.45, 7) is 1.57. The molecule has 1 aromatic heterocycles. The van der Waals surface area contributed by atoms with Crippen LogP contribution in [0.1, 0.15) is 15.9 Å². The van der Waals surface area contributed by atoms with Crippen LogP contribution in [0, 0.1) is 17.0 Å². The summed E-state index contributed by atoms with van der Waals surface area (Å²) in [6, 6.07) is 10.6. The number of hydrogen-bond acceptors (Lipinski definition) is 6. The van der Waals surface area contributed by atoms with E-state index in [0.717, 1.165) is 6.07 Å². The fourth-order valence-electron chi connectivity index (χ4n) is 2.51. The third-order valence-corrected chi connectivity index (χ3v) is 3.86. The zero-order valence-electron chi connectivity index (χ0n) is 13.9. The van der Waals surface area contributed by atoms with Crippen LogP contribution in [0.2, 0.25) is 0 Å². The van der Waals surface area contributed by atoms with Crippen molar-refractivity contribution in [3.05, 3.63) is 74.1 Å². The van der Waals surface area contributed by atoms with Gasteiger partial charge in [-0.1, -0.05) is 18.2 Å². The van der Waals surface area contributed by atoms with E-state index in [1.54, 1.807) is 25.1 Å². The maximum atomic E-state index is 12.4. The third kappa shape index (κ3) is 3.12. The van der Waals surface area contributed by atoms with Crippen molar-refractivity contribution in [3.8, 4) is 5.75 Å². The molecule has 0 bridgehead atoms. The summed E-state index contributed by atoms with van der Waals surface area (Å²) in [7, 11) is 1.45. The minimum absolute atomic E-state index is 0.0624. The first-order valence-corrected chi connectivity index (χ1v) is 7.58. The number of anilines is 1. The number of ether oxygens (including phenoxy) is 1. The number of nitro benzene ring substituents is 1. The standard InChI is InChI=1S/C18H14N2O6/c1-10-6-7-12(9-14(10)20(23)24)17(21)19-13-8-11-4-3-5-15(25-2)16(11)26-18(13)22/h3-9H,1-2H3,(H,19,21). The number of hydrogen-bond donors (Lipinski definition) is 1. The molecule has 8 nitrogen and oxygen atoms in total. The molecule has 1 heterocycles. The van der Waals surface area contributed by atoms with Gasteiger partial charge in [-0.2, -0.15) is 0 Å². The highest BCUT2D eigenvalue weighted by Gasteiger charge is 2.17. The molecule has 3 aromatic rings. The fraction of sp³-hybridized carbons (Fsp3) is 0.111.